The molecule has 0 spiro atoms. The number of alkyl halides is 3. The van der Waals surface area contributed by atoms with E-state index < -0.39 is 12.0 Å². The van der Waals surface area contributed by atoms with E-state index in [9.17, 15) is 18.0 Å². The zero-order valence-electron chi connectivity index (χ0n) is 3.92. The normalized spacial score (nSPS) is 9.78. The van der Waals surface area contributed by atoms with Crippen LogP contribution in [0.2, 0.25) is 0 Å². The lowest BCUT2D eigenvalue weighted by Gasteiger charge is -1.95. The van der Waals surface area contributed by atoms with E-state index >= 15 is 0 Å². The van der Waals surface area contributed by atoms with Crippen LogP contribution in [0.3, 0.4) is 0 Å². The maximum atomic E-state index is 11.2. The maximum absolute atomic E-state index is 11.2. The molecule has 0 N–H and O–H groups in total. The quantitative estimate of drug-likeness (QED) is 0.469. The molecule has 0 aliphatic heterocycles. The summed E-state index contributed by atoms with van der Waals surface area (Å²) in [6.45, 7) is 0. The smallest absolute Gasteiger partial charge is 0.274 e. The lowest BCUT2D eigenvalue weighted by atomic mass is 10.4. The fraction of sp³-hybridized carbons (Fsp3) is 0.250. The minimum absolute atomic E-state index is 1.36. The fourth-order valence-electron chi connectivity index (χ4n) is 0.114. The molecular formula is C4F3IO. The molecule has 9 heavy (non-hydrogen) atoms. The summed E-state index contributed by atoms with van der Waals surface area (Å²) in [5, 5.41) is 0. The molecule has 50 valence electrons. The first-order chi connectivity index (χ1) is 3.98. The second kappa shape index (κ2) is 3.06. The summed E-state index contributed by atoms with van der Waals surface area (Å²) in [4.78, 5) is 9.76. The molecule has 0 aromatic rings. The Bertz CT molecular complexity index is 172. The number of ketones is 1. The molecule has 0 amide bonds. The van der Waals surface area contributed by atoms with Gasteiger partial charge in [-0.15, -0.1) is 0 Å². The fourth-order valence-corrected chi connectivity index (χ4v) is 0.359. The van der Waals surface area contributed by atoms with Crippen molar-refractivity contribution in [1.82, 2.24) is 0 Å². The molecular weight excluding hydrogens is 248 g/mol. The molecule has 0 atom stereocenters. The van der Waals surface area contributed by atoms with Crippen molar-refractivity contribution in [2.75, 3.05) is 0 Å². The van der Waals surface area contributed by atoms with Crippen molar-refractivity contribution in [2.24, 2.45) is 0 Å². The SMILES string of the molecule is O=C(C#CI)C(F)(F)F. The Hall–Kier alpha value is -0.250. The molecule has 0 aliphatic carbocycles. The Balaban J connectivity index is 4.17. The van der Waals surface area contributed by atoms with Crippen molar-refractivity contribution in [1.29, 1.82) is 0 Å². The molecule has 0 radical (unpaired) electrons. The first kappa shape index (κ1) is 8.75. The Morgan fingerprint density at radius 3 is 2.00 bits per heavy atom. The van der Waals surface area contributed by atoms with Crippen LogP contribution in [0.15, 0.2) is 0 Å². The minimum Gasteiger partial charge on any atom is -0.274 e. The van der Waals surface area contributed by atoms with Gasteiger partial charge in [0.2, 0.25) is 0 Å². The lowest BCUT2D eigenvalue weighted by Crippen LogP contribution is -2.20. The van der Waals surface area contributed by atoms with E-state index in [1.54, 1.807) is 0 Å². The topological polar surface area (TPSA) is 17.1 Å². The molecule has 0 aromatic carbocycles. The Morgan fingerprint density at radius 1 is 1.44 bits per heavy atom. The summed E-state index contributed by atoms with van der Waals surface area (Å²) < 4.78 is 35.4. The second-order valence-corrected chi connectivity index (χ2v) is 1.59. The highest BCUT2D eigenvalue weighted by atomic mass is 127. The van der Waals surface area contributed by atoms with Crippen molar-refractivity contribution < 1.29 is 18.0 Å². The van der Waals surface area contributed by atoms with Crippen LogP contribution in [0, 0.1) is 9.85 Å². The van der Waals surface area contributed by atoms with E-state index in [0.29, 0.717) is 0 Å². The summed E-state index contributed by atoms with van der Waals surface area (Å²) >= 11 is 1.36. The van der Waals surface area contributed by atoms with Gasteiger partial charge in [-0.2, -0.15) is 13.2 Å². The molecule has 0 aliphatic rings. The largest absolute Gasteiger partial charge is 0.463 e. The summed E-state index contributed by atoms with van der Waals surface area (Å²) in [5.41, 5.74) is 0. The lowest BCUT2D eigenvalue weighted by molar-refractivity contribution is -0.164. The number of hydrogen-bond acceptors (Lipinski definition) is 1. The number of carbonyl (C=O) groups excluding carboxylic acids is 1. The Morgan fingerprint density at radius 2 is 1.89 bits per heavy atom. The van der Waals surface area contributed by atoms with Crippen molar-refractivity contribution in [3.8, 4) is 9.85 Å². The van der Waals surface area contributed by atoms with Gasteiger partial charge in [-0.05, 0) is 9.85 Å². The van der Waals surface area contributed by atoms with Crippen molar-refractivity contribution in [2.45, 2.75) is 6.18 Å². The highest BCUT2D eigenvalue weighted by Crippen LogP contribution is 2.14. The molecule has 5 heteroatoms. The third-order valence-corrected chi connectivity index (χ3v) is 0.688. The first-order valence-electron chi connectivity index (χ1n) is 1.71. The molecule has 0 saturated heterocycles. The van der Waals surface area contributed by atoms with Crippen LogP contribution in [0.4, 0.5) is 13.2 Å². The van der Waals surface area contributed by atoms with Gasteiger partial charge in [-0.3, -0.25) is 4.79 Å². The third kappa shape index (κ3) is 3.35. The van der Waals surface area contributed by atoms with Gasteiger partial charge in [0, 0.05) is 22.6 Å². The molecule has 0 fully saturated rings. The van der Waals surface area contributed by atoms with Crippen molar-refractivity contribution in [3.63, 3.8) is 0 Å². The van der Waals surface area contributed by atoms with Crippen LogP contribution in [0.25, 0.3) is 0 Å². The molecule has 0 bridgehead atoms. The standard InChI is InChI=1S/C4F3IO/c5-4(6,7)3(9)1-2-8. The average Bonchev–Trinajstić information content (AvgIpc) is 1.64. The highest BCUT2D eigenvalue weighted by Gasteiger charge is 2.36. The molecule has 0 unspecified atom stereocenters. The van der Waals surface area contributed by atoms with Crippen LogP contribution < -0.4 is 0 Å². The predicted octanol–water partition coefficient (Wildman–Crippen LogP) is 1.51. The number of rotatable bonds is 0. The van der Waals surface area contributed by atoms with Gasteiger partial charge in [0.25, 0.3) is 0 Å². The summed E-state index contributed by atoms with van der Waals surface area (Å²) in [7, 11) is 0. The highest BCUT2D eigenvalue weighted by molar-refractivity contribution is 14.1. The number of Topliss-reactive ketones (excluding diaryl/α,β-unsaturated/α-hetero) is 1. The summed E-state index contributed by atoms with van der Waals surface area (Å²) in [6, 6.07) is 0. The van der Waals surface area contributed by atoms with Gasteiger partial charge >= 0.3 is 12.0 Å². The summed E-state index contributed by atoms with van der Waals surface area (Å²) in [5.74, 6) is -0.645. The van der Waals surface area contributed by atoms with Gasteiger partial charge in [-0.25, -0.2) is 0 Å². The van der Waals surface area contributed by atoms with Gasteiger partial charge < -0.3 is 0 Å². The van der Waals surface area contributed by atoms with Crippen LogP contribution in [0.1, 0.15) is 0 Å². The van der Waals surface area contributed by atoms with Crippen molar-refractivity contribution >= 4 is 28.4 Å². The van der Waals surface area contributed by atoms with Gasteiger partial charge in [-0.1, -0.05) is 0 Å². The maximum Gasteiger partial charge on any atom is 0.463 e. The number of halogens is 4. The zero-order chi connectivity index (χ0) is 7.49. The van der Waals surface area contributed by atoms with Crippen molar-refractivity contribution in [3.05, 3.63) is 0 Å². The third-order valence-electron chi connectivity index (χ3n) is 0.418. The average molecular weight is 248 g/mol. The van der Waals surface area contributed by atoms with E-state index in [-0.39, 0.29) is 0 Å². The first-order valence-corrected chi connectivity index (χ1v) is 2.79. The number of hydrogen-bond donors (Lipinski definition) is 0. The van der Waals surface area contributed by atoms with E-state index in [1.807, 2.05) is 3.93 Å². The zero-order valence-corrected chi connectivity index (χ0v) is 6.08. The Labute approximate surface area is 62.8 Å². The molecule has 0 rings (SSSR count). The molecule has 0 heterocycles. The van der Waals surface area contributed by atoms with Crippen LogP contribution >= 0.6 is 22.6 Å². The predicted molar refractivity (Wildman–Crippen MR) is 32.9 cm³/mol. The molecule has 1 nitrogen and oxygen atoms in total. The monoisotopic (exact) mass is 248 g/mol. The summed E-state index contributed by atoms with van der Waals surface area (Å²) in [6.07, 6.45) is -4.81. The van der Waals surface area contributed by atoms with Gasteiger partial charge in [0.1, 0.15) is 0 Å². The van der Waals surface area contributed by atoms with Crippen LogP contribution in [0.5, 0.6) is 0 Å². The second-order valence-electron chi connectivity index (χ2n) is 1.05. The molecule has 0 saturated carbocycles. The number of carbonyl (C=O) groups is 1. The van der Waals surface area contributed by atoms with Crippen LogP contribution in [-0.4, -0.2) is 12.0 Å². The Kier molecular flexibility index (Phi) is 2.97. The van der Waals surface area contributed by atoms with Gasteiger partial charge in [0.05, 0.1) is 0 Å². The molecule has 0 aromatic heterocycles. The minimum atomic E-state index is -4.81. The van der Waals surface area contributed by atoms with Gasteiger partial charge in [0.15, 0.2) is 0 Å². The van der Waals surface area contributed by atoms with E-state index in [0.717, 1.165) is 0 Å². The van der Waals surface area contributed by atoms with E-state index in [1.165, 1.54) is 28.5 Å². The van der Waals surface area contributed by atoms with E-state index in [4.69, 9.17) is 0 Å². The van der Waals surface area contributed by atoms with E-state index in [2.05, 4.69) is 0 Å². The van der Waals surface area contributed by atoms with Crippen LogP contribution in [-0.2, 0) is 4.79 Å².